The molecule has 0 amide bonds. The van der Waals surface area contributed by atoms with Gasteiger partial charge in [0.2, 0.25) is 0 Å². The number of likely N-dealkylation sites (N-methyl/N-ethyl adjacent to an activating group) is 1. The molecule has 0 bridgehead atoms. The van der Waals surface area contributed by atoms with Crippen LogP contribution in [0, 0.1) is 0 Å². The topological polar surface area (TPSA) is 3.24 Å². The molecule has 0 N–H and O–H groups in total. The van der Waals surface area contributed by atoms with Crippen molar-refractivity contribution in [2.75, 3.05) is 13.6 Å². The Morgan fingerprint density at radius 1 is 0.950 bits per heavy atom. The minimum Gasteiger partial charge on any atom is -0.301 e. The molecule has 20 heavy (non-hydrogen) atoms. The van der Waals surface area contributed by atoms with Crippen molar-refractivity contribution in [3.63, 3.8) is 0 Å². The number of likely N-dealkylation sites (tertiary alicyclic amines) is 1. The Labute approximate surface area is 127 Å². The first-order valence-corrected chi connectivity index (χ1v) is 7.71. The predicted molar refractivity (Wildman–Crippen MR) is 88.3 cm³/mol. The van der Waals surface area contributed by atoms with Gasteiger partial charge in [-0.2, -0.15) is 12.6 Å². The molecule has 104 valence electrons. The molecule has 1 heterocycles. The van der Waals surface area contributed by atoms with Crippen molar-refractivity contribution in [3.8, 4) is 0 Å². The second-order valence-electron chi connectivity index (χ2n) is 5.64. The third-order valence-corrected chi connectivity index (χ3v) is 5.24. The number of benzene rings is 2. The molecule has 1 aliphatic heterocycles. The molecular weight excluding hydrogens is 262 g/mol. The molecule has 3 rings (SSSR count). The van der Waals surface area contributed by atoms with Gasteiger partial charge in [0, 0.05) is 6.04 Å². The van der Waals surface area contributed by atoms with Gasteiger partial charge in [0.25, 0.3) is 0 Å². The number of rotatable bonds is 3. The third kappa shape index (κ3) is 2.27. The average Bonchev–Trinajstić information content (AvgIpc) is 2.95. The van der Waals surface area contributed by atoms with Crippen molar-refractivity contribution in [3.05, 3.63) is 71.8 Å². The zero-order valence-electron chi connectivity index (χ0n) is 11.9. The quantitative estimate of drug-likeness (QED) is 0.835. The minimum absolute atomic E-state index is 0.242. The van der Waals surface area contributed by atoms with Crippen LogP contribution in [0.5, 0.6) is 0 Å². The lowest BCUT2D eigenvalue weighted by atomic mass is 9.82. The lowest BCUT2D eigenvalue weighted by Gasteiger charge is -2.39. The molecule has 2 aromatic carbocycles. The molecule has 2 aromatic rings. The van der Waals surface area contributed by atoms with Gasteiger partial charge in [0.1, 0.15) is 0 Å². The fraction of sp³-hybridized carbons (Fsp3) is 0.333. The van der Waals surface area contributed by atoms with E-state index in [4.69, 9.17) is 12.6 Å². The Morgan fingerprint density at radius 2 is 1.45 bits per heavy atom. The molecule has 0 spiro atoms. The van der Waals surface area contributed by atoms with Crippen molar-refractivity contribution >= 4 is 12.6 Å². The van der Waals surface area contributed by atoms with Crippen molar-refractivity contribution in [1.82, 2.24) is 4.90 Å². The molecule has 0 radical (unpaired) electrons. The van der Waals surface area contributed by atoms with E-state index in [0.717, 1.165) is 6.54 Å². The van der Waals surface area contributed by atoms with Gasteiger partial charge < -0.3 is 4.90 Å². The first-order valence-electron chi connectivity index (χ1n) is 7.26. The first-order chi connectivity index (χ1) is 9.73. The van der Waals surface area contributed by atoms with Crippen LogP contribution in [0.1, 0.15) is 24.0 Å². The summed E-state index contributed by atoms with van der Waals surface area (Å²) in [5.41, 5.74) is 2.57. The van der Waals surface area contributed by atoms with Crippen LogP contribution in [0.15, 0.2) is 60.7 Å². The maximum Gasteiger partial charge on any atom is 0.0781 e. The van der Waals surface area contributed by atoms with Crippen LogP contribution in [-0.4, -0.2) is 24.5 Å². The highest BCUT2D eigenvalue weighted by Crippen LogP contribution is 2.44. The van der Waals surface area contributed by atoms with Crippen LogP contribution < -0.4 is 0 Å². The Morgan fingerprint density at radius 3 is 1.85 bits per heavy atom. The van der Waals surface area contributed by atoms with Crippen LogP contribution in [0.2, 0.25) is 0 Å². The van der Waals surface area contributed by atoms with Gasteiger partial charge in [-0.15, -0.1) is 0 Å². The Bertz CT molecular complexity index is 513. The number of hydrogen-bond donors (Lipinski definition) is 1. The zero-order chi connectivity index (χ0) is 14.0. The van der Waals surface area contributed by atoms with Gasteiger partial charge in [0.05, 0.1) is 4.75 Å². The average molecular weight is 283 g/mol. The molecule has 1 nitrogen and oxygen atoms in total. The maximum absolute atomic E-state index is 5.21. The molecule has 0 saturated carbocycles. The standard InChI is InChI=1S/C18H21NS/c1-19-14-8-13-17(19)18(20,15-9-4-2-5-10-15)16-11-6-3-7-12-16/h2-7,9-12,17,20H,8,13-14H2,1H3/t17-/m0/s1. The minimum atomic E-state index is -0.242. The number of nitrogens with zero attached hydrogens (tertiary/aromatic N) is 1. The summed E-state index contributed by atoms with van der Waals surface area (Å²) in [4.78, 5) is 2.45. The molecule has 0 aromatic heterocycles. The molecule has 1 aliphatic rings. The van der Waals surface area contributed by atoms with E-state index in [1.807, 2.05) is 0 Å². The van der Waals surface area contributed by atoms with Crippen LogP contribution in [0.25, 0.3) is 0 Å². The first kappa shape index (κ1) is 13.7. The Hall–Kier alpha value is -1.25. The van der Waals surface area contributed by atoms with E-state index >= 15 is 0 Å². The van der Waals surface area contributed by atoms with Gasteiger partial charge in [-0.05, 0) is 37.6 Å². The van der Waals surface area contributed by atoms with E-state index in [9.17, 15) is 0 Å². The van der Waals surface area contributed by atoms with E-state index in [2.05, 4.69) is 72.6 Å². The van der Waals surface area contributed by atoms with E-state index in [0.29, 0.717) is 6.04 Å². The summed E-state index contributed by atoms with van der Waals surface area (Å²) in [6.07, 6.45) is 2.45. The van der Waals surface area contributed by atoms with Crippen LogP contribution >= 0.6 is 12.6 Å². The summed E-state index contributed by atoms with van der Waals surface area (Å²) in [7, 11) is 2.22. The van der Waals surface area contributed by atoms with E-state index in [1.165, 1.54) is 24.0 Å². The highest BCUT2D eigenvalue weighted by molar-refractivity contribution is 7.81. The van der Waals surface area contributed by atoms with Crippen molar-refractivity contribution in [1.29, 1.82) is 0 Å². The van der Waals surface area contributed by atoms with E-state index in [1.54, 1.807) is 0 Å². The van der Waals surface area contributed by atoms with Crippen molar-refractivity contribution in [2.24, 2.45) is 0 Å². The fourth-order valence-corrected chi connectivity index (χ4v) is 4.00. The second kappa shape index (κ2) is 5.63. The van der Waals surface area contributed by atoms with E-state index in [-0.39, 0.29) is 4.75 Å². The monoisotopic (exact) mass is 283 g/mol. The normalized spacial score (nSPS) is 20.2. The largest absolute Gasteiger partial charge is 0.301 e. The van der Waals surface area contributed by atoms with Crippen LogP contribution in [0.3, 0.4) is 0 Å². The van der Waals surface area contributed by atoms with Crippen molar-refractivity contribution < 1.29 is 0 Å². The van der Waals surface area contributed by atoms with Gasteiger partial charge in [-0.25, -0.2) is 0 Å². The lowest BCUT2D eigenvalue weighted by molar-refractivity contribution is 0.273. The lowest BCUT2D eigenvalue weighted by Crippen LogP contribution is -2.43. The van der Waals surface area contributed by atoms with Crippen LogP contribution in [-0.2, 0) is 4.75 Å². The van der Waals surface area contributed by atoms with Gasteiger partial charge >= 0.3 is 0 Å². The van der Waals surface area contributed by atoms with Gasteiger partial charge in [0.15, 0.2) is 0 Å². The molecular formula is C18H21NS. The highest BCUT2D eigenvalue weighted by Gasteiger charge is 2.42. The summed E-state index contributed by atoms with van der Waals surface area (Å²) in [5, 5.41) is 0. The fourth-order valence-electron chi connectivity index (χ4n) is 3.37. The molecule has 1 atom stereocenters. The van der Waals surface area contributed by atoms with Gasteiger partial charge in [-0.3, -0.25) is 0 Å². The van der Waals surface area contributed by atoms with Crippen molar-refractivity contribution in [2.45, 2.75) is 23.6 Å². The summed E-state index contributed by atoms with van der Waals surface area (Å²) in [6.45, 7) is 1.16. The Kier molecular flexibility index (Phi) is 3.86. The predicted octanol–water partition coefficient (Wildman–Crippen LogP) is 3.95. The third-order valence-electron chi connectivity index (χ3n) is 4.43. The second-order valence-corrected chi connectivity index (χ2v) is 6.34. The SMILES string of the molecule is CN1CCC[C@H]1C(S)(c1ccccc1)c1ccccc1. The molecule has 1 fully saturated rings. The molecule has 1 saturated heterocycles. The number of thiol groups is 1. The van der Waals surface area contributed by atoms with Gasteiger partial charge in [-0.1, -0.05) is 60.7 Å². The molecule has 0 unspecified atom stereocenters. The smallest absolute Gasteiger partial charge is 0.0781 e. The molecule has 0 aliphatic carbocycles. The summed E-state index contributed by atoms with van der Waals surface area (Å²) in [5.74, 6) is 0. The highest BCUT2D eigenvalue weighted by atomic mass is 32.1. The van der Waals surface area contributed by atoms with E-state index < -0.39 is 0 Å². The van der Waals surface area contributed by atoms with Crippen LogP contribution in [0.4, 0.5) is 0 Å². The maximum atomic E-state index is 5.21. The summed E-state index contributed by atoms with van der Waals surface area (Å²) < 4.78 is -0.242. The molecule has 2 heteroatoms. The Balaban J connectivity index is 2.13. The summed E-state index contributed by atoms with van der Waals surface area (Å²) in [6, 6.07) is 21.8. The summed E-state index contributed by atoms with van der Waals surface area (Å²) >= 11 is 5.21. The number of hydrogen-bond acceptors (Lipinski definition) is 2. The zero-order valence-corrected chi connectivity index (χ0v) is 12.8.